The Hall–Kier alpha value is -2.55. The Kier molecular flexibility index (Phi) is 6.74. The highest BCUT2D eigenvalue weighted by atomic mass is 35.5. The zero-order valence-corrected chi connectivity index (χ0v) is 20.1. The lowest BCUT2D eigenvalue weighted by atomic mass is 10.3. The van der Waals surface area contributed by atoms with E-state index in [0.29, 0.717) is 28.2 Å². The molecule has 0 bridgehead atoms. The number of amides is 1. The molecule has 2 heterocycles. The van der Waals surface area contributed by atoms with Gasteiger partial charge in [-0.1, -0.05) is 17.7 Å². The molecule has 3 aromatic rings. The predicted octanol–water partition coefficient (Wildman–Crippen LogP) is 4.52. The molecule has 0 atom stereocenters. The summed E-state index contributed by atoms with van der Waals surface area (Å²) >= 11 is 11.8. The summed E-state index contributed by atoms with van der Waals surface area (Å²) in [6.45, 7) is 3.57. The molecular weight excluding hydrogens is 444 g/mol. The molecule has 0 unspecified atom stereocenters. The maximum absolute atomic E-state index is 13.4. The minimum absolute atomic E-state index is 0.248. The summed E-state index contributed by atoms with van der Waals surface area (Å²) in [5.41, 5.74) is 1.77. The summed E-state index contributed by atoms with van der Waals surface area (Å²) in [7, 11) is 3.85. The molecule has 1 fully saturated rings. The van der Waals surface area contributed by atoms with Gasteiger partial charge in [0.25, 0.3) is 5.91 Å². The van der Waals surface area contributed by atoms with Crippen molar-refractivity contribution in [2.24, 2.45) is 0 Å². The van der Waals surface area contributed by atoms with Crippen molar-refractivity contribution < 1.29 is 4.79 Å². The molecule has 0 N–H and O–H groups in total. The van der Waals surface area contributed by atoms with Gasteiger partial charge in [0.2, 0.25) is 10.6 Å². The van der Waals surface area contributed by atoms with Crippen molar-refractivity contribution in [1.82, 2.24) is 24.2 Å². The van der Waals surface area contributed by atoms with Crippen molar-refractivity contribution in [3.8, 4) is 5.69 Å². The van der Waals surface area contributed by atoms with E-state index in [9.17, 15) is 4.79 Å². The maximum Gasteiger partial charge on any atom is 0.297 e. The van der Waals surface area contributed by atoms with E-state index in [4.69, 9.17) is 23.8 Å². The molecule has 1 amide bonds. The first-order valence-corrected chi connectivity index (χ1v) is 11.5. The van der Waals surface area contributed by atoms with E-state index < -0.39 is 0 Å². The first-order valence-electron chi connectivity index (χ1n) is 10.7. The number of pyridine rings is 1. The van der Waals surface area contributed by atoms with Crippen LogP contribution < -0.4 is 4.90 Å². The summed E-state index contributed by atoms with van der Waals surface area (Å²) in [5.74, 6) is 0.517. The number of benzene rings is 1. The Labute approximate surface area is 198 Å². The fraction of sp³-hybridized carbons (Fsp3) is 0.391. The number of carbonyl (C=O) groups is 1. The lowest BCUT2D eigenvalue weighted by Gasteiger charge is -2.16. The minimum atomic E-state index is -0.281. The number of aromatic nitrogens is 4. The van der Waals surface area contributed by atoms with Crippen molar-refractivity contribution >= 4 is 35.5 Å². The van der Waals surface area contributed by atoms with Gasteiger partial charge in [0.15, 0.2) is 0 Å². The fourth-order valence-electron chi connectivity index (χ4n) is 3.60. The second-order valence-corrected chi connectivity index (χ2v) is 9.07. The van der Waals surface area contributed by atoms with E-state index in [0.717, 1.165) is 24.2 Å². The molecule has 0 radical (unpaired) electrons. The van der Waals surface area contributed by atoms with Crippen LogP contribution in [0.3, 0.4) is 0 Å². The van der Waals surface area contributed by atoms with Crippen molar-refractivity contribution in [1.29, 1.82) is 0 Å². The summed E-state index contributed by atoms with van der Waals surface area (Å²) < 4.78 is 3.94. The zero-order valence-electron chi connectivity index (χ0n) is 18.5. The highest BCUT2D eigenvalue weighted by Gasteiger charge is 2.26. The largest absolute Gasteiger partial charge is 0.303 e. The molecule has 2 aromatic heterocycles. The van der Waals surface area contributed by atoms with Crippen molar-refractivity contribution in [3.63, 3.8) is 0 Å². The molecule has 168 valence electrons. The molecule has 4 rings (SSSR count). The lowest BCUT2D eigenvalue weighted by molar-refractivity contribution is 0.0979. The molecule has 1 aliphatic rings. The molecule has 9 heteroatoms. The summed E-state index contributed by atoms with van der Waals surface area (Å²) in [5, 5.41) is 5.25. The SMILES string of the molecule is Cc1ccc(N(C)C(=O)c2nn(CCCN(C)C3CC3)c(=S)n2-c2ccc(Cl)cc2)nc1. The van der Waals surface area contributed by atoms with Crippen LogP contribution in [-0.2, 0) is 6.54 Å². The van der Waals surface area contributed by atoms with E-state index in [1.54, 1.807) is 34.6 Å². The first kappa shape index (κ1) is 22.6. The average Bonchev–Trinajstić information content (AvgIpc) is 3.59. The number of rotatable bonds is 8. The Balaban J connectivity index is 1.65. The molecule has 7 nitrogen and oxygen atoms in total. The normalized spacial score (nSPS) is 13.5. The summed E-state index contributed by atoms with van der Waals surface area (Å²) in [6.07, 6.45) is 5.19. The smallest absolute Gasteiger partial charge is 0.297 e. The van der Waals surface area contributed by atoms with Crippen LogP contribution in [-0.4, -0.2) is 56.8 Å². The fourth-order valence-corrected chi connectivity index (χ4v) is 4.04. The van der Waals surface area contributed by atoms with Crippen LogP contribution in [0.5, 0.6) is 0 Å². The topological polar surface area (TPSA) is 59.2 Å². The third-order valence-corrected chi connectivity index (χ3v) is 6.36. The molecule has 1 saturated carbocycles. The summed E-state index contributed by atoms with van der Waals surface area (Å²) in [4.78, 5) is 21.7. The van der Waals surface area contributed by atoms with Crippen LogP contribution in [0.25, 0.3) is 5.69 Å². The lowest BCUT2D eigenvalue weighted by Crippen LogP contribution is -2.29. The number of anilines is 1. The van der Waals surface area contributed by atoms with Crippen LogP contribution in [0.2, 0.25) is 5.02 Å². The second-order valence-electron chi connectivity index (χ2n) is 8.26. The van der Waals surface area contributed by atoms with Crippen molar-refractivity contribution in [2.45, 2.75) is 38.8 Å². The maximum atomic E-state index is 13.4. The molecule has 32 heavy (non-hydrogen) atoms. The standard InChI is InChI=1S/C23H27ClN6OS/c1-16-5-12-20(25-15-16)28(3)22(31)21-26-29(14-4-13-27(2)18-10-11-18)23(32)30(21)19-8-6-17(24)7-9-19/h5-9,12,15,18H,4,10-11,13-14H2,1-3H3. The highest BCUT2D eigenvalue weighted by Crippen LogP contribution is 2.25. The van der Waals surface area contributed by atoms with Crippen LogP contribution in [0.15, 0.2) is 42.6 Å². The molecule has 1 aliphatic carbocycles. The quantitative estimate of drug-likeness (QED) is 0.453. The van der Waals surface area contributed by atoms with Gasteiger partial charge in [0, 0.05) is 30.9 Å². The molecular formula is C23H27ClN6OS. The molecule has 1 aromatic carbocycles. The van der Waals surface area contributed by atoms with Gasteiger partial charge in [-0.3, -0.25) is 14.3 Å². The van der Waals surface area contributed by atoms with Gasteiger partial charge in [-0.05, 0) is 87.9 Å². The van der Waals surface area contributed by atoms with Gasteiger partial charge in [0.1, 0.15) is 5.82 Å². The van der Waals surface area contributed by atoms with Gasteiger partial charge in [0.05, 0.1) is 5.69 Å². The van der Waals surface area contributed by atoms with E-state index in [1.165, 1.54) is 17.7 Å². The monoisotopic (exact) mass is 470 g/mol. The van der Waals surface area contributed by atoms with E-state index >= 15 is 0 Å². The van der Waals surface area contributed by atoms with Crippen LogP contribution in [0, 0.1) is 11.7 Å². The average molecular weight is 471 g/mol. The first-order chi connectivity index (χ1) is 15.3. The number of hydrogen-bond donors (Lipinski definition) is 0. The Morgan fingerprint density at radius 1 is 1.19 bits per heavy atom. The predicted molar refractivity (Wildman–Crippen MR) is 129 cm³/mol. The van der Waals surface area contributed by atoms with E-state index in [1.807, 2.05) is 31.2 Å². The van der Waals surface area contributed by atoms with E-state index in [-0.39, 0.29) is 11.7 Å². The minimum Gasteiger partial charge on any atom is -0.303 e. The van der Waals surface area contributed by atoms with Crippen LogP contribution >= 0.6 is 23.8 Å². The van der Waals surface area contributed by atoms with Crippen LogP contribution in [0.1, 0.15) is 35.4 Å². The Morgan fingerprint density at radius 2 is 1.91 bits per heavy atom. The third-order valence-electron chi connectivity index (χ3n) is 5.71. The molecule has 0 aliphatic heterocycles. The zero-order chi connectivity index (χ0) is 22.8. The molecule has 0 spiro atoms. The number of halogens is 1. The van der Waals surface area contributed by atoms with Crippen molar-refractivity contribution in [2.75, 3.05) is 25.5 Å². The van der Waals surface area contributed by atoms with E-state index in [2.05, 4.69) is 22.0 Å². The Bertz CT molecular complexity index is 1150. The third kappa shape index (κ3) is 4.92. The van der Waals surface area contributed by atoms with Gasteiger partial charge >= 0.3 is 0 Å². The van der Waals surface area contributed by atoms with Gasteiger partial charge in [-0.15, -0.1) is 5.10 Å². The number of nitrogens with zero attached hydrogens (tertiary/aromatic N) is 6. The second kappa shape index (κ2) is 9.52. The van der Waals surface area contributed by atoms with Crippen molar-refractivity contribution in [3.05, 3.63) is 63.8 Å². The molecule has 0 saturated heterocycles. The van der Waals surface area contributed by atoms with Crippen LogP contribution in [0.4, 0.5) is 5.82 Å². The highest BCUT2D eigenvalue weighted by molar-refractivity contribution is 7.71. The Morgan fingerprint density at radius 3 is 2.53 bits per heavy atom. The number of carbonyl (C=O) groups excluding carboxylic acids is 1. The van der Waals surface area contributed by atoms with Gasteiger partial charge in [-0.2, -0.15) is 0 Å². The summed E-state index contributed by atoms with van der Waals surface area (Å²) in [6, 6.07) is 11.7. The number of hydrogen-bond acceptors (Lipinski definition) is 5. The van der Waals surface area contributed by atoms with Gasteiger partial charge in [-0.25, -0.2) is 9.67 Å². The van der Waals surface area contributed by atoms with Gasteiger partial charge < -0.3 is 4.90 Å². The number of aryl methyl sites for hydroxylation is 2.